The molecule has 0 atom stereocenters. The van der Waals surface area contributed by atoms with Crippen molar-refractivity contribution < 1.29 is 9.47 Å². The normalized spacial score (nSPS) is 11.6. The number of methoxy groups -OCH3 is 2. The van der Waals surface area contributed by atoms with Gasteiger partial charge in [-0.15, -0.1) is 0 Å². The largest absolute Gasteiger partial charge is 0.497 e. The fourth-order valence-corrected chi connectivity index (χ4v) is 2.67. The Morgan fingerprint density at radius 3 is 2.48 bits per heavy atom. The molecule has 126 valence electrons. The average molecular weight is 317 g/mol. The molecule has 2 N–H and O–H groups in total. The zero-order valence-corrected chi connectivity index (χ0v) is 14.7. The summed E-state index contributed by atoms with van der Waals surface area (Å²) in [5.74, 6) is 1.57. The number of rotatable bonds is 6. The van der Waals surface area contributed by atoms with Crippen LogP contribution in [0.4, 0.5) is 0 Å². The topological polar surface area (TPSA) is 62.3 Å². The molecule has 1 aromatic heterocycles. The van der Waals surface area contributed by atoms with Gasteiger partial charge in [0.15, 0.2) is 0 Å². The predicted octanol–water partition coefficient (Wildman–Crippen LogP) is 3.08. The lowest BCUT2D eigenvalue weighted by molar-refractivity contribution is 0.378. The van der Waals surface area contributed by atoms with Crippen LogP contribution < -0.4 is 15.2 Å². The molecule has 1 aromatic carbocycles. The molecule has 0 aliphatic rings. The molecule has 0 unspecified atom stereocenters. The molecule has 0 fully saturated rings. The van der Waals surface area contributed by atoms with Crippen LogP contribution in [0.2, 0.25) is 0 Å². The molecule has 5 nitrogen and oxygen atoms in total. The van der Waals surface area contributed by atoms with Gasteiger partial charge in [0.1, 0.15) is 5.75 Å². The van der Waals surface area contributed by atoms with Crippen molar-refractivity contribution in [2.24, 2.45) is 5.73 Å². The van der Waals surface area contributed by atoms with Gasteiger partial charge in [0.05, 0.1) is 25.6 Å². The predicted molar refractivity (Wildman–Crippen MR) is 92.7 cm³/mol. The molecule has 0 saturated heterocycles. The minimum atomic E-state index is -0.0681. The van der Waals surface area contributed by atoms with Crippen LogP contribution >= 0.6 is 0 Å². The molecule has 2 aromatic rings. The molecule has 0 aliphatic carbocycles. The Kier molecular flexibility index (Phi) is 5.31. The van der Waals surface area contributed by atoms with Crippen LogP contribution in [0.25, 0.3) is 5.69 Å². The summed E-state index contributed by atoms with van der Waals surface area (Å²) in [6.07, 6.45) is 1.76. The maximum atomic E-state index is 5.70. The smallest absolute Gasteiger partial charge is 0.219 e. The Bertz CT molecular complexity index is 657. The van der Waals surface area contributed by atoms with Gasteiger partial charge in [-0.25, -0.2) is 4.68 Å². The quantitative estimate of drug-likeness (QED) is 0.889. The molecule has 0 radical (unpaired) electrons. The van der Waals surface area contributed by atoms with Crippen LogP contribution in [0.1, 0.15) is 38.4 Å². The highest BCUT2D eigenvalue weighted by Crippen LogP contribution is 2.34. The van der Waals surface area contributed by atoms with E-state index in [-0.39, 0.29) is 5.41 Å². The van der Waals surface area contributed by atoms with Gasteiger partial charge < -0.3 is 15.2 Å². The van der Waals surface area contributed by atoms with Gasteiger partial charge in [-0.2, -0.15) is 5.10 Å². The third-order valence-electron chi connectivity index (χ3n) is 3.77. The van der Waals surface area contributed by atoms with E-state index in [1.54, 1.807) is 14.2 Å². The summed E-state index contributed by atoms with van der Waals surface area (Å²) in [6, 6.07) is 7.82. The summed E-state index contributed by atoms with van der Waals surface area (Å²) in [4.78, 5) is 0. The second-order valence-corrected chi connectivity index (χ2v) is 6.59. The highest BCUT2D eigenvalue weighted by Gasteiger charge is 2.27. The molecule has 2 rings (SSSR count). The van der Waals surface area contributed by atoms with Crippen molar-refractivity contribution in [3.63, 3.8) is 0 Å². The first kappa shape index (κ1) is 17.3. The van der Waals surface area contributed by atoms with Crippen molar-refractivity contribution in [3.05, 3.63) is 35.5 Å². The van der Waals surface area contributed by atoms with E-state index in [4.69, 9.17) is 20.3 Å². The molecule has 1 heterocycles. The van der Waals surface area contributed by atoms with Crippen LogP contribution in [0.3, 0.4) is 0 Å². The van der Waals surface area contributed by atoms with Gasteiger partial charge in [0.25, 0.3) is 0 Å². The van der Waals surface area contributed by atoms with Crippen molar-refractivity contribution in [2.75, 3.05) is 20.8 Å². The van der Waals surface area contributed by atoms with Crippen LogP contribution in [0.5, 0.6) is 11.6 Å². The number of nitrogens with two attached hydrogens (primary N) is 1. The van der Waals surface area contributed by atoms with E-state index < -0.39 is 0 Å². The van der Waals surface area contributed by atoms with E-state index in [9.17, 15) is 0 Å². The second kappa shape index (κ2) is 7.04. The minimum absolute atomic E-state index is 0.0681. The zero-order chi connectivity index (χ0) is 17.0. The van der Waals surface area contributed by atoms with Gasteiger partial charge in [-0.1, -0.05) is 26.8 Å². The van der Waals surface area contributed by atoms with E-state index >= 15 is 0 Å². The van der Waals surface area contributed by atoms with Gasteiger partial charge in [0.2, 0.25) is 5.88 Å². The number of hydrogen-bond donors (Lipinski definition) is 1. The fourth-order valence-electron chi connectivity index (χ4n) is 2.67. The van der Waals surface area contributed by atoms with Crippen molar-refractivity contribution in [1.82, 2.24) is 9.78 Å². The van der Waals surface area contributed by atoms with Gasteiger partial charge >= 0.3 is 0 Å². The van der Waals surface area contributed by atoms with E-state index in [0.717, 1.165) is 41.4 Å². The first-order chi connectivity index (χ1) is 10.9. The van der Waals surface area contributed by atoms with E-state index in [1.165, 1.54) is 0 Å². The molecular formula is C18H27N3O2. The summed E-state index contributed by atoms with van der Waals surface area (Å²) >= 11 is 0. The number of hydrogen-bond acceptors (Lipinski definition) is 4. The van der Waals surface area contributed by atoms with Crippen molar-refractivity contribution in [1.29, 1.82) is 0 Å². The standard InChI is InChI=1S/C18H27N3O2/c1-18(2,3)16-15(10-7-11-19)17(23-5)21(20-16)13-8-6-9-14(12-13)22-4/h6,8-9,12H,7,10-11,19H2,1-5H3. The monoisotopic (exact) mass is 317 g/mol. The highest BCUT2D eigenvalue weighted by molar-refractivity contribution is 5.46. The Labute approximate surface area is 138 Å². The van der Waals surface area contributed by atoms with Crippen molar-refractivity contribution >= 4 is 0 Å². The lowest BCUT2D eigenvalue weighted by Crippen LogP contribution is -2.15. The van der Waals surface area contributed by atoms with Crippen molar-refractivity contribution in [2.45, 2.75) is 39.0 Å². The average Bonchev–Trinajstić information content (AvgIpc) is 2.91. The Balaban J connectivity index is 2.61. The summed E-state index contributed by atoms with van der Waals surface area (Å²) in [7, 11) is 3.35. The van der Waals surface area contributed by atoms with Gasteiger partial charge in [-0.3, -0.25) is 0 Å². The number of nitrogens with zero attached hydrogens (tertiary/aromatic N) is 2. The van der Waals surface area contributed by atoms with Crippen LogP contribution in [-0.4, -0.2) is 30.5 Å². The zero-order valence-electron chi connectivity index (χ0n) is 14.7. The summed E-state index contributed by atoms with van der Waals surface area (Å²) in [6.45, 7) is 7.14. The first-order valence-electron chi connectivity index (χ1n) is 7.93. The second-order valence-electron chi connectivity index (χ2n) is 6.59. The van der Waals surface area contributed by atoms with E-state index in [2.05, 4.69) is 20.8 Å². The van der Waals surface area contributed by atoms with Crippen LogP contribution in [-0.2, 0) is 11.8 Å². The summed E-state index contributed by atoms with van der Waals surface area (Å²) in [5, 5.41) is 4.85. The molecule has 0 spiro atoms. The first-order valence-corrected chi connectivity index (χ1v) is 7.93. The number of aromatic nitrogens is 2. The Morgan fingerprint density at radius 2 is 1.91 bits per heavy atom. The van der Waals surface area contributed by atoms with Gasteiger partial charge in [0, 0.05) is 17.0 Å². The molecule has 0 saturated carbocycles. The summed E-state index contributed by atoms with van der Waals surface area (Å²) in [5.41, 5.74) is 8.73. The van der Waals surface area contributed by atoms with Gasteiger partial charge in [-0.05, 0) is 31.5 Å². The minimum Gasteiger partial charge on any atom is -0.497 e. The molecule has 0 amide bonds. The SMILES string of the molecule is COc1cccc(-n2nc(C(C)(C)C)c(CCCN)c2OC)c1. The Morgan fingerprint density at radius 1 is 1.17 bits per heavy atom. The van der Waals surface area contributed by atoms with Crippen LogP contribution in [0.15, 0.2) is 24.3 Å². The number of benzene rings is 1. The maximum absolute atomic E-state index is 5.70. The van der Waals surface area contributed by atoms with Crippen LogP contribution in [0, 0.1) is 0 Å². The third kappa shape index (κ3) is 3.67. The van der Waals surface area contributed by atoms with E-state index in [1.807, 2.05) is 28.9 Å². The molecular weight excluding hydrogens is 290 g/mol. The number of ether oxygens (including phenoxy) is 2. The molecule has 0 aliphatic heterocycles. The third-order valence-corrected chi connectivity index (χ3v) is 3.77. The Hall–Kier alpha value is -2.01. The lowest BCUT2D eigenvalue weighted by Gasteiger charge is -2.17. The lowest BCUT2D eigenvalue weighted by atomic mass is 9.88. The summed E-state index contributed by atoms with van der Waals surface area (Å²) < 4.78 is 12.9. The molecule has 5 heteroatoms. The van der Waals surface area contributed by atoms with Crippen molar-refractivity contribution in [3.8, 4) is 17.3 Å². The maximum Gasteiger partial charge on any atom is 0.219 e. The van der Waals surface area contributed by atoms with E-state index in [0.29, 0.717) is 6.54 Å². The highest BCUT2D eigenvalue weighted by atomic mass is 16.5. The molecule has 23 heavy (non-hydrogen) atoms. The molecule has 0 bridgehead atoms. The fraction of sp³-hybridized carbons (Fsp3) is 0.500.